The number of carboxylic acids is 1. The van der Waals surface area contributed by atoms with Crippen LogP contribution in [0.15, 0.2) is 65.7 Å². The SMILES string of the molecule is CC(CC(C)(C)P(=O)(c1ccccc1)c1ccccc1)=NC(C)C(=O)[O-].[K+]. The van der Waals surface area contributed by atoms with Crippen molar-refractivity contribution < 1.29 is 65.9 Å². The molecule has 0 spiro atoms. The fourth-order valence-electron chi connectivity index (χ4n) is 3.29. The zero-order valence-electron chi connectivity index (χ0n) is 16.7. The molecular weight excluding hydrogens is 384 g/mol. The minimum absolute atomic E-state index is 0. The first-order chi connectivity index (χ1) is 12.2. The molecule has 6 heteroatoms. The van der Waals surface area contributed by atoms with Gasteiger partial charge >= 0.3 is 51.4 Å². The Hall–Kier alpha value is -0.554. The zero-order chi connectivity index (χ0) is 19.4. The van der Waals surface area contributed by atoms with Crippen molar-refractivity contribution in [1.29, 1.82) is 0 Å². The van der Waals surface area contributed by atoms with Crippen LogP contribution < -0.4 is 67.1 Å². The number of nitrogens with zero attached hydrogens (tertiary/aromatic N) is 1. The van der Waals surface area contributed by atoms with E-state index < -0.39 is 24.3 Å². The van der Waals surface area contributed by atoms with Gasteiger partial charge in [0.15, 0.2) is 0 Å². The van der Waals surface area contributed by atoms with Crippen molar-refractivity contribution in [2.45, 2.75) is 45.3 Å². The Morgan fingerprint density at radius 2 is 1.44 bits per heavy atom. The van der Waals surface area contributed by atoms with Gasteiger partial charge in [-0.05, 0) is 20.3 Å². The molecule has 0 aliphatic carbocycles. The molecule has 0 aliphatic rings. The maximum absolute atomic E-state index is 14.4. The topological polar surface area (TPSA) is 69.6 Å². The molecule has 27 heavy (non-hydrogen) atoms. The second-order valence-electron chi connectivity index (χ2n) is 7.13. The van der Waals surface area contributed by atoms with Crippen LogP contribution in [0.3, 0.4) is 0 Å². The zero-order valence-corrected chi connectivity index (χ0v) is 20.7. The Balaban J connectivity index is 0.00000364. The smallest absolute Gasteiger partial charge is 0.548 e. The van der Waals surface area contributed by atoms with E-state index >= 15 is 0 Å². The largest absolute Gasteiger partial charge is 1.00 e. The van der Waals surface area contributed by atoms with Gasteiger partial charge in [0.05, 0.1) is 12.0 Å². The first-order valence-corrected chi connectivity index (χ1v) is 10.3. The van der Waals surface area contributed by atoms with Gasteiger partial charge in [0.2, 0.25) is 0 Å². The van der Waals surface area contributed by atoms with Crippen LogP contribution in [0.4, 0.5) is 0 Å². The molecule has 1 unspecified atom stereocenters. The molecule has 0 saturated carbocycles. The molecule has 0 radical (unpaired) electrons. The third-order valence-corrected chi connectivity index (χ3v) is 8.45. The number of benzene rings is 2. The summed E-state index contributed by atoms with van der Waals surface area (Å²) in [5, 5.41) is 11.9. The van der Waals surface area contributed by atoms with Crippen molar-refractivity contribution >= 4 is 29.4 Å². The normalized spacial score (nSPS) is 13.6. The van der Waals surface area contributed by atoms with E-state index in [9.17, 15) is 14.5 Å². The number of hydrogen-bond donors (Lipinski definition) is 0. The van der Waals surface area contributed by atoms with Gasteiger partial charge in [-0.1, -0.05) is 74.5 Å². The van der Waals surface area contributed by atoms with E-state index in [1.165, 1.54) is 6.92 Å². The average Bonchev–Trinajstić information content (AvgIpc) is 2.61. The Morgan fingerprint density at radius 1 is 1.04 bits per heavy atom. The van der Waals surface area contributed by atoms with Crippen LogP contribution in [-0.2, 0) is 9.36 Å². The molecule has 0 amide bonds. The van der Waals surface area contributed by atoms with E-state index in [0.29, 0.717) is 12.1 Å². The van der Waals surface area contributed by atoms with E-state index in [1.54, 1.807) is 6.92 Å². The summed E-state index contributed by atoms with van der Waals surface area (Å²) >= 11 is 0. The third kappa shape index (κ3) is 5.72. The molecule has 0 aliphatic heterocycles. The van der Waals surface area contributed by atoms with E-state index in [1.807, 2.05) is 74.5 Å². The maximum Gasteiger partial charge on any atom is 1.00 e. The van der Waals surface area contributed by atoms with E-state index in [-0.39, 0.29) is 51.4 Å². The van der Waals surface area contributed by atoms with Gasteiger partial charge in [0.1, 0.15) is 7.14 Å². The number of aliphatic carboxylic acids is 1. The van der Waals surface area contributed by atoms with Crippen molar-refractivity contribution in [2.24, 2.45) is 4.99 Å². The quantitative estimate of drug-likeness (QED) is 0.361. The van der Waals surface area contributed by atoms with Gasteiger partial charge in [0.25, 0.3) is 0 Å². The van der Waals surface area contributed by atoms with Crippen molar-refractivity contribution in [3.05, 3.63) is 60.7 Å². The molecule has 2 rings (SSSR count). The third-order valence-electron chi connectivity index (χ3n) is 4.54. The van der Waals surface area contributed by atoms with E-state index in [0.717, 1.165) is 10.6 Å². The molecule has 1 atom stereocenters. The molecule has 0 aromatic heterocycles. The minimum Gasteiger partial charge on any atom is -0.548 e. The van der Waals surface area contributed by atoms with Crippen LogP contribution in [0.1, 0.15) is 34.1 Å². The molecule has 0 saturated heterocycles. The summed E-state index contributed by atoms with van der Waals surface area (Å²) in [5.74, 6) is -1.21. The molecule has 138 valence electrons. The monoisotopic (exact) mass is 409 g/mol. The number of carbonyl (C=O) groups excluding carboxylic acids is 1. The van der Waals surface area contributed by atoms with Gasteiger partial charge in [-0.3, -0.25) is 4.99 Å². The van der Waals surface area contributed by atoms with Crippen molar-refractivity contribution in [3.63, 3.8) is 0 Å². The molecular formula is C21H25KNO3P. The predicted molar refractivity (Wildman–Crippen MR) is 106 cm³/mol. The standard InChI is InChI=1S/C21H26NO3P.K/c1-16(22-17(2)20(23)24)15-21(3,4)26(25,18-11-7-5-8-12-18)19-13-9-6-10-14-19;/h5-14,17H,15H2,1-4H3,(H,23,24);/q;+1/p-1. The van der Waals surface area contributed by atoms with E-state index in [4.69, 9.17) is 0 Å². The molecule has 0 fully saturated rings. The van der Waals surface area contributed by atoms with Gasteiger partial charge in [-0.15, -0.1) is 0 Å². The fourth-order valence-corrected chi connectivity index (χ4v) is 6.62. The Kier molecular flexibility index (Phi) is 9.33. The maximum atomic E-state index is 14.4. The van der Waals surface area contributed by atoms with Crippen LogP contribution >= 0.6 is 7.14 Å². The molecule has 2 aromatic carbocycles. The Labute approximate surface area is 204 Å². The Bertz CT molecular complexity index is 792. The summed E-state index contributed by atoms with van der Waals surface area (Å²) in [4.78, 5) is 15.2. The fraction of sp³-hybridized carbons (Fsp3) is 0.333. The molecule has 4 nitrogen and oxygen atoms in total. The molecule has 2 aromatic rings. The number of hydrogen-bond acceptors (Lipinski definition) is 4. The molecule has 0 bridgehead atoms. The van der Waals surface area contributed by atoms with E-state index in [2.05, 4.69) is 4.99 Å². The second kappa shape index (κ2) is 10.3. The Morgan fingerprint density at radius 3 is 1.81 bits per heavy atom. The summed E-state index contributed by atoms with van der Waals surface area (Å²) in [7, 11) is -2.99. The summed E-state index contributed by atoms with van der Waals surface area (Å²) in [6.07, 6.45) is 0.422. The number of rotatable bonds is 7. The van der Waals surface area contributed by atoms with Crippen LogP contribution in [0.5, 0.6) is 0 Å². The second-order valence-corrected chi connectivity index (χ2v) is 10.6. The average molecular weight is 410 g/mol. The summed E-state index contributed by atoms with van der Waals surface area (Å²) < 4.78 is 14.4. The van der Waals surface area contributed by atoms with Crippen molar-refractivity contribution in [1.82, 2.24) is 0 Å². The van der Waals surface area contributed by atoms with Gasteiger partial charge in [-0.2, -0.15) is 0 Å². The number of aliphatic imine (C=N–C) groups is 1. The van der Waals surface area contributed by atoms with Crippen molar-refractivity contribution in [3.8, 4) is 0 Å². The first kappa shape index (κ1) is 24.5. The minimum atomic E-state index is -2.99. The van der Waals surface area contributed by atoms with Crippen LogP contribution in [0, 0.1) is 0 Å². The molecule has 0 heterocycles. The van der Waals surface area contributed by atoms with Crippen molar-refractivity contribution in [2.75, 3.05) is 0 Å². The van der Waals surface area contributed by atoms with Gasteiger partial charge in [-0.25, -0.2) is 0 Å². The first-order valence-electron chi connectivity index (χ1n) is 8.64. The van der Waals surface area contributed by atoms with Gasteiger partial charge in [0, 0.05) is 21.5 Å². The van der Waals surface area contributed by atoms with Crippen LogP contribution in [-0.4, -0.2) is 22.9 Å². The number of carbonyl (C=O) groups is 1. The number of carboxylic acid groups (broad SMARTS) is 1. The summed E-state index contributed by atoms with van der Waals surface area (Å²) in [5.41, 5.74) is 0.652. The predicted octanol–water partition coefficient (Wildman–Crippen LogP) is -0.227. The van der Waals surface area contributed by atoms with Crippen LogP contribution in [0.2, 0.25) is 0 Å². The summed E-state index contributed by atoms with van der Waals surface area (Å²) in [6, 6.07) is 18.0. The molecule has 0 N–H and O–H groups in total. The van der Waals surface area contributed by atoms with Gasteiger partial charge < -0.3 is 14.5 Å². The summed E-state index contributed by atoms with van der Waals surface area (Å²) in [6.45, 7) is 7.17. The van der Waals surface area contributed by atoms with Crippen LogP contribution in [0.25, 0.3) is 0 Å².